The van der Waals surface area contributed by atoms with Crippen molar-refractivity contribution in [3.05, 3.63) is 52.0 Å². The lowest BCUT2D eigenvalue weighted by Gasteiger charge is -2.12. The smallest absolute Gasteiger partial charge is 0.339 e. The minimum absolute atomic E-state index is 0.0817. The molecule has 1 N–H and O–H groups in total. The summed E-state index contributed by atoms with van der Waals surface area (Å²) >= 11 is 3.40. The summed E-state index contributed by atoms with van der Waals surface area (Å²) in [6.07, 6.45) is 0. The second-order valence-electron chi connectivity index (χ2n) is 4.20. The Kier molecular flexibility index (Phi) is 4.29. The Hall–Kier alpha value is -2.01. The fourth-order valence-electron chi connectivity index (χ4n) is 1.70. The predicted octanol–water partition coefficient (Wildman–Crippen LogP) is 4.26. The first-order valence-electron chi connectivity index (χ1n) is 5.86. The van der Waals surface area contributed by atoms with Crippen LogP contribution in [0.1, 0.15) is 15.9 Å². The van der Waals surface area contributed by atoms with Gasteiger partial charge in [0, 0.05) is 6.07 Å². The highest BCUT2D eigenvalue weighted by Crippen LogP contribution is 2.34. The third-order valence-electron chi connectivity index (χ3n) is 2.73. The minimum Gasteiger partial charge on any atom is -0.497 e. The average Bonchev–Trinajstić information content (AvgIpc) is 2.41. The topological polar surface area (TPSA) is 55.8 Å². The van der Waals surface area contributed by atoms with Gasteiger partial charge in [-0.15, -0.1) is 0 Å². The number of carboxylic acid groups (broad SMARTS) is 1. The zero-order chi connectivity index (χ0) is 14.7. The van der Waals surface area contributed by atoms with Crippen molar-refractivity contribution in [3.63, 3.8) is 0 Å². The van der Waals surface area contributed by atoms with Gasteiger partial charge in [-0.25, -0.2) is 4.79 Å². The number of carboxylic acids is 1. The summed E-state index contributed by atoms with van der Waals surface area (Å²) in [5.74, 6) is 0.270. The number of ether oxygens (including phenoxy) is 2. The van der Waals surface area contributed by atoms with E-state index in [1.54, 1.807) is 18.2 Å². The number of hydrogen-bond donors (Lipinski definition) is 1. The van der Waals surface area contributed by atoms with Crippen LogP contribution in [0.2, 0.25) is 0 Å². The van der Waals surface area contributed by atoms with Gasteiger partial charge in [0.15, 0.2) is 0 Å². The molecule has 2 aromatic carbocycles. The maximum Gasteiger partial charge on any atom is 0.339 e. The Morgan fingerprint density at radius 3 is 2.50 bits per heavy atom. The molecule has 0 amide bonds. The van der Waals surface area contributed by atoms with Crippen molar-refractivity contribution >= 4 is 21.9 Å². The van der Waals surface area contributed by atoms with Crippen LogP contribution in [0.4, 0.5) is 0 Å². The average molecular weight is 337 g/mol. The molecule has 0 saturated carbocycles. The van der Waals surface area contributed by atoms with Crippen LogP contribution in [0.25, 0.3) is 0 Å². The molecule has 0 bridgehead atoms. The molecular weight excluding hydrogens is 324 g/mol. The van der Waals surface area contributed by atoms with Crippen LogP contribution in [-0.4, -0.2) is 18.2 Å². The highest BCUT2D eigenvalue weighted by Gasteiger charge is 2.14. The molecule has 0 atom stereocenters. The summed E-state index contributed by atoms with van der Waals surface area (Å²) in [5.41, 5.74) is 1.16. The summed E-state index contributed by atoms with van der Waals surface area (Å²) in [4.78, 5) is 11.2. The van der Waals surface area contributed by atoms with Crippen LogP contribution >= 0.6 is 15.9 Å². The Labute approximate surface area is 125 Å². The van der Waals surface area contributed by atoms with E-state index in [1.807, 2.05) is 19.1 Å². The van der Waals surface area contributed by atoms with Crippen molar-refractivity contribution in [2.24, 2.45) is 0 Å². The number of hydrogen-bond acceptors (Lipinski definition) is 3. The van der Waals surface area contributed by atoms with Gasteiger partial charge in [0.1, 0.15) is 22.8 Å². The maximum absolute atomic E-state index is 11.2. The molecule has 0 radical (unpaired) electrons. The van der Waals surface area contributed by atoms with Gasteiger partial charge in [0.2, 0.25) is 0 Å². The van der Waals surface area contributed by atoms with Crippen molar-refractivity contribution in [3.8, 4) is 17.2 Å². The first-order valence-corrected chi connectivity index (χ1v) is 6.66. The number of halogens is 1. The predicted molar refractivity (Wildman–Crippen MR) is 78.9 cm³/mol. The van der Waals surface area contributed by atoms with E-state index in [4.69, 9.17) is 9.47 Å². The number of methoxy groups -OCH3 is 1. The highest BCUT2D eigenvalue weighted by atomic mass is 79.9. The minimum atomic E-state index is -1.05. The van der Waals surface area contributed by atoms with Gasteiger partial charge in [0.25, 0.3) is 0 Å². The quantitative estimate of drug-likeness (QED) is 0.906. The molecule has 104 valence electrons. The largest absolute Gasteiger partial charge is 0.497 e. The number of aromatic carboxylic acids is 1. The second kappa shape index (κ2) is 5.96. The van der Waals surface area contributed by atoms with E-state index in [0.717, 1.165) is 10.0 Å². The van der Waals surface area contributed by atoms with Crippen molar-refractivity contribution in [1.82, 2.24) is 0 Å². The normalized spacial score (nSPS) is 10.2. The summed E-state index contributed by atoms with van der Waals surface area (Å²) < 4.78 is 11.5. The molecule has 0 fully saturated rings. The molecule has 0 spiro atoms. The first-order chi connectivity index (χ1) is 9.51. The van der Waals surface area contributed by atoms with Crippen LogP contribution < -0.4 is 9.47 Å². The van der Waals surface area contributed by atoms with Crippen molar-refractivity contribution < 1.29 is 19.4 Å². The standard InChI is InChI=1S/C15H13BrO4/c1-9-3-6-13(12(16)7-9)20-14-8-10(19-2)4-5-11(14)15(17)18/h3-8H,1-2H3,(H,17,18). The van der Waals surface area contributed by atoms with Gasteiger partial charge < -0.3 is 14.6 Å². The number of rotatable bonds is 4. The summed E-state index contributed by atoms with van der Waals surface area (Å²) in [7, 11) is 1.52. The Morgan fingerprint density at radius 2 is 1.90 bits per heavy atom. The van der Waals surface area contributed by atoms with Gasteiger partial charge in [-0.2, -0.15) is 0 Å². The fourth-order valence-corrected chi connectivity index (χ4v) is 2.27. The van der Waals surface area contributed by atoms with Crippen LogP contribution in [-0.2, 0) is 0 Å². The van der Waals surface area contributed by atoms with Crippen molar-refractivity contribution in [2.75, 3.05) is 7.11 Å². The van der Waals surface area contributed by atoms with Crippen LogP contribution in [0, 0.1) is 6.92 Å². The zero-order valence-corrected chi connectivity index (χ0v) is 12.6. The Balaban J connectivity index is 2.43. The lowest BCUT2D eigenvalue weighted by molar-refractivity contribution is 0.0694. The molecule has 0 unspecified atom stereocenters. The maximum atomic E-state index is 11.2. The third kappa shape index (κ3) is 3.11. The van der Waals surface area contributed by atoms with Crippen molar-refractivity contribution in [2.45, 2.75) is 6.92 Å². The lowest BCUT2D eigenvalue weighted by atomic mass is 10.2. The summed E-state index contributed by atoms with van der Waals surface area (Å²) in [6, 6.07) is 10.2. The summed E-state index contributed by atoms with van der Waals surface area (Å²) in [6.45, 7) is 1.96. The fraction of sp³-hybridized carbons (Fsp3) is 0.133. The molecule has 5 heteroatoms. The zero-order valence-electron chi connectivity index (χ0n) is 11.0. The number of aryl methyl sites for hydroxylation is 1. The van der Waals surface area contributed by atoms with Crippen molar-refractivity contribution in [1.29, 1.82) is 0 Å². The van der Waals surface area contributed by atoms with Crippen LogP contribution in [0.5, 0.6) is 17.2 Å². The SMILES string of the molecule is COc1ccc(C(=O)O)c(Oc2ccc(C)cc2Br)c1. The second-order valence-corrected chi connectivity index (χ2v) is 5.06. The monoisotopic (exact) mass is 336 g/mol. The first kappa shape index (κ1) is 14.4. The number of benzene rings is 2. The van der Waals surface area contributed by atoms with Gasteiger partial charge >= 0.3 is 5.97 Å². The van der Waals surface area contributed by atoms with Gasteiger partial charge in [-0.05, 0) is 52.7 Å². The van der Waals surface area contributed by atoms with E-state index in [1.165, 1.54) is 13.2 Å². The molecule has 20 heavy (non-hydrogen) atoms. The third-order valence-corrected chi connectivity index (χ3v) is 3.35. The van der Waals surface area contributed by atoms with E-state index in [2.05, 4.69) is 15.9 Å². The molecule has 0 aliphatic heterocycles. The molecule has 2 rings (SSSR count). The molecular formula is C15H13BrO4. The molecule has 0 heterocycles. The molecule has 0 aliphatic rings. The molecule has 2 aromatic rings. The Bertz CT molecular complexity index is 652. The van der Waals surface area contributed by atoms with Gasteiger partial charge in [0.05, 0.1) is 11.6 Å². The van der Waals surface area contributed by atoms with E-state index >= 15 is 0 Å². The molecule has 0 aromatic heterocycles. The molecule has 0 aliphatic carbocycles. The highest BCUT2D eigenvalue weighted by molar-refractivity contribution is 9.10. The van der Waals surface area contributed by atoms with Gasteiger partial charge in [-0.1, -0.05) is 6.07 Å². The lowest BCUT2D eigenvalue weighted by Crippen LogP contribution is -2.00. The van der Waals surface area contributed by atoms with Gasteiger partial charge in [-0.3, -0.25) is 0 Å². The number of carbonyl (C=O) groups is 1. The molecule has 4 nitrogen and oxygen atoms in total. The van der Waals surface area contributed by atoms with E-state index < -0.39 is 5.97 Å². The Morgan fingerprint density at radius 1 is 1.15 bits per heavy atom. The van der Waals surface area contributed by atoms with Crippen LogP contribution in [0.3, 0.4) is 0 Å². The van der Waals surface area contributed by atoms with Crippen LogP contribution in [0.15, 0.2) is 40.9 Å². The molecule has 0 saturated heterocycles. The van der Waals surface area contributed by atoms with E-state index in [0.29, 0.717) is 11.5 Å². The summed E-state index contributed by atoms with van der Waals surface area (Å²) in [5, 5.41) is 9.19. The van der Waals surface area contributed by atoms with E-state index in [-0.39, 0.29) is 11.3 Å². The van der Waals surface area contributed by atoms with E-state index in [9.17, 15) is 9.90 Å².